The van der Waals surface area contributed by atoms with Gasteiger partial charge in [-0.05, 0) is 49.9 Å². The Bertz CT molecular complexity index is 794. The molecule has 0 saturated heterocycles. The Morgan fingerprint density at radius 1 is 1.28 bits per heavy atom. The third-order valence-electron chi connectivity index (χ3n) is 4.84. The minimum absolute atomic E-state index is 0.179. The van der Waals surface area contributed by atoms with Crippen LogP contribution in [0, 0.1) is 0 Å². The Hall–Kier alpha value is -2.01. The number of rotatable bonds is 7. The normalized spacial score (nSPS) is 16.7. The second kappa shape index (κ2) is 6.71. The first-order valence-electron chi connectivity index (χ1n) is 8.85. The van der Waals surface area contributed by atoms with Crippen molar-refractivity contribution in [2.45, 2.75) is 44.1 Å². The van der Waals surface area contributed by atoms with Crippen molar-refractivity contribution in [3.63, 3.8) is 0 Å². The van der Waals surface area contributed by atoms with Gasteiger partial charge in [-0.2, -0.15) is 5.10 Å². The molecule has 6 heteroatoms. The van der Waals surface area contributed by atoms with Crippen LogP contribution in [-0.4, -0.2) is 29.3 Å². The molecule has 0 aliphatic heterocycles. The number of aromatic nitrogens is 2. The highest BCUT2D eigenvalue weighted by Gasteiger charge is 2.32. The molecule has 1 aromatic heterocycles. The van der Waals surface area contributed by atoms with Crippen LogP contribution in [-0.2, 0) is 6.54 Å². The molecule has 1 amide bonds. The Morgan fingerprint density at radius 3 is 2.72 bits per heavy atom. The van der Waals surface area contributed by atoms with Gasteiger partial charge < -0.3 is 10.1 Å². The number of carbonyl (C=O) groups is 1. The fourth-order valence-electron chi connectivity index (χ4n) is 3.15. The van der Waals surface area contributed by atoms with Gasteiger partial charge in [0.05, 0.1) is 24.9 Å². The molecule has 1 aromatic carbocycles. The standard InChI is InChI=1S/C19H22ClN3O2/c1-25-18-7-6-14(20)10-15(18)19(24)21-8-9-23-17(13-4-5-13)11-16(22-23)12-2-3-12/h6-7,10-13H,2-5,8-9H2,1H3,(H,21,24). The number of amides is 1. The van der Waals surface area contributed by atoms with Gasteiger partial charge in [-0.1, -0.05) is 11.6 Å². The monoisotopic (exact) mass is 359 g/mol. The van der Waals surface area contributed by atoms with Gasteiger partial charge in [-0.3, -0.25) is 9.48 Å². The number of halogens is 1. The first kappa shape index (κ1) is 16.5. The summed E-state index contributed by atoms with van der Waals surface area (Å²) in [7, 11) is 1.55. The van der Waals surface area contributed by atoms with Crippen molar-refractivity contribution < 1.29 is 9.53 Å². The number of hydrogen-bond acceptors (Lipinski definition) is 3. The van der Waals surface area contributed by atoms with Gasteiger partial charge >= 0.3 is 0 Å². The summed E-state index contributed by atoms with van der Waals surface area (Å²) in [5.41, 5.74) is 3.01. The van der Waals surface area contributed by atoms with Crippen molar-refractivity contribution in [1.29, 1.82) is 0 Å². The molecule has 2 aliphatic rings. The second-order valence-electron chi connectivity index (χ2n) is 6.87. The van der Waals surface area contributed by atoms with E-state index in [1.165, 1.54) is 37.1 Å². The molecule has 2 fully saturated rings. The molecule has 2 saturated carbocycles. The van der Waals surface area contributed by atoms with Crippen LogP contribution >= 0.6 is 11.6 Å². The summed E-state index contributed by atoms with van der Waals surface area (Å²) in [6, 6.07) is 7.32. The van der Waals surface area contributed by atoms with Crippen molar-refractivity contribution in [2.75, 3.05) is 13.7 Å². The highest BCUT2D eigenvalue weighted by Crippen LogP contribution is 2.44. The van der Waals surface area contributed by atoms with E-state index in [0.29, 0.717) is 41.3 Å². The van der Waals surface area contributed by atoms with Crippen LogP contribution in [0.1, 0.15) is 59.3 Å². The Balaban J connectivity index is 1.41. The van der Waals surface area contributed by atoms with Gasteiger partial charge in [0, 0.05) is 29.1 Å². The van der Waals surface area contributed by atoms with E-state index in [2.05, 4.69) is 16.1 Å². The lowest BCUT2D eigenvalue weighted by atomic mass is 10.2. The summed E-state index contributed by atoms with van der Waals surface area (Å²) in [5, 5.41) is 8.24. The van der Waals surface area contributed by atoms with Crippen molar-refractivity contribution >= 4 is 17.5 Å². The minimum Gasteiger partial charge on any atom is -0.496 e. The Labute approximate surface area is 152 Å². The number of ether oxygens (including phenoxy) is 1. The molecule has 25 heavy (non-hydrogen) atoms. The maximum atomic E-state index is 12.4. The zero-order valence-corrected chi connectivity index (χ0v) is 15.1. The van der Waals surface area contributed by atoms with Gasteiger partial charge in [0.1, 0.15) is 5.75 Å². The fraction of sp³-hybridized carbons (Fsp3) is 0.474. The number of carbonyl (C=O) groups excluding carboxylic acids is 1. The van der Waals surface area contributed by atoms with E-state index in [4.69, 9.17) is 21.4 Å². The van der Waals surface area contributed by atoms with E-state index in [0.717, 1.165) is 0 Å². The molecule has 0 spiro atoms. The van der Waals surface area contributed by atoms with Crippen LogP contribution in [0.15, 0.2) is 24.3 Å². The lowest BCUT2D eigenvalue weighted by Crippen LogP contribution is -2.28. The van der Waals surface area contributed by atoms with E-state index in [9.17, 15) is 4.79 Å². The predicted molar refractivity (Wildman–Crippen MR) is 96.5 cm³/mol. The smallest absolute Gasteiger partial charge is 0.255 e. The molecule has 1 N–H and O–H groups in total. The van der Waals surface area contributed by atoms with E-state index < -0.39 is 0 Å². The average Bonchev–Trinajstić information content (AvgIpc) is 3.53. The highest BCUT2D eigenvalue weighted by molar-refractivity contribution is 6.31. The number of nitrogens with zero attached hydrogens (tertiary/aromatic N) is 2. The van der Waals surface area contributed by atoms with E-state index in [-0.39, 0.29) is 5.91 Å². The molecule has 0 unspecified atom stereocenters. The quantitative estimate of drug-likeness (QED) is 0.819. The summed E-state index contributed by atoms with van der Waals surface area (Å²) in [4.78, 5) is 12.4. The number of benzene rings is 1. The number of methoxy groups -OCH3 is 1. The predicted octanol–water partition coefficient (Wildman–Crippen LogP) is 3.73. The Kier molecular flexibility index (Phi) is 4.42. The number of hydrogen-bond donors (Lipinski definition) is 1. The molecular weight excluding hydrogens is 338 g/mol. The van der Waals surface area contributed by atoms with Crippen LogP contribution in [0.4, 0.5) is 0 Å². The third-order valence-corrected chi connectivity index (χ3v) is 5.07. The van der Waals surface area contributed by atoms with Crippen LogP contribution < -0.4 is 10.1 Å². The zero-order valence-electron chi connectivity index (χ0n) is 14.3. The highest BCUT2D eigenvalue weighted by atomic mass is 35.5. The molecule has 4 rings (SSSR count). The second-order valence-corrected chi connectivity index (χ2v) is 7.30. The Morgan fingerprint density at radius 2 is 2.04 bits per heavy atom. The molecule has 0 radical (unpaired) electrons. The maximum absolute atomic E-state index is 12.4. The summed E-state index contributed by atoms with van der Waals surface area (Å²) >= 11 is 6.00. The van der Waals surface area contributed by atoms with Crippen molar-refractivity contribution in [3.8, 4) is 5.75 Å². The van der Waals surface area contributed by atoms with Gasteiger partial charge in [0.15, 0.2) is 0 Å². The van der Waals surface area contributed by atoms with E-state index >= 15 is 0 Å². The molecule has 1 heterocycles. The van der Waals surface area contributed by atoms with Crippen LogP contribution in [0.3, 0.4) is 0 Å². The van der Waals surface area contributed by atoms with E-state index in [1.54, 1.807) is 25.3 Å². The average molecular weight is 360 g/mol. The lowest BCUT2D eigenvalue weighted by molar-refractivity contribution is 0.0949. The molecule has 5 nitrogen and oxygen atoms in total. The van der Waals surface area contributed by atoms with Crippen LogP contribution in [0.25, 0.3) is 0 Å². The van der Waals surface area contributed by atoms with E-state index in [1.807, 2.05) is 0 Å². The van der Waals surface area contributed by atoms with Gasteiger partial charge in [0.25, 0.3) is 5.91 Å². The van der Waals surface area contributed by atoms with Crippen molar-refractivity contribution in [1.82, 2.24) is 15.1 Å². The number of nitrogens with one attached hydrogen (secondary N) is 1. The van der Waals surface area contributed by atoms with Gasteiger partial charge in [-0.25, -0.2) is 0 Å². The molecule has 0 atom stereocenters. The molecule has 132 valence electrons. The van der Waals surface area contributed by atoms with Gasteiger partial charge in [0.2, 0.25) is 0 Å². The SMILES string of the molecule is COc1ccc(Cl)cc1C(=O)NCCn1nc(C2CC2)cc1C1CC1. The summed E-state index contributed by atoms with van der Waals surface area (Å²) in [6.07, 6.45) is 5.02. The third kappa shape index (κ3) is 3.66. The van der Waals surface area contributed by atoms with Crippen LogP contribution in [0.5, 0.6) is 5.75 Å². The molecule has 2 aliphatic carbocycles. The van der Waals surface area contributed by atoms with Crippen molar-refractivity contribution in [2.24, 2.45) is 0 Å². The summed E-state index contributed by atoms with van der Waals surface area (Å²) in [6.45, 7) is 1.22. The summed E-state index contributed by atoms with van der Waals surface area (Å²) in [5.74, 6) is 1.66. The zero-order chi connectivity index (χ0) is 17.4. The molecule has 2 aromatic rings. The fourth-order valence-corrected chi connectivity index (χ4v) is 3.32. The molecule has 0 bridgehead atoms. The first-order valence-corrected chi connectivity index (χ1v) is 9.23. The first-order chi connectivity index (χ1) is 12.2. The topological polar surface area (TPSA) is 56.1 Å². The van der Waals surface area contributed by atoms with Gasteiger partial charge in [-0.15, -0.1) is 0 Å². The lowest BCUT2D eigenvalue weighted by Gasteiger charge is -2.11. The maximum Gasteiger partial charge on any atom is 0.255 e. The van der Waals surface area contributed by atoms with Crippen molar-refractivity contribution in [3.05, 3.63) is 46.2 Å². The van der Waals surface area contributed by atoms with Crippen LogP contribution in [0.2, 0.25) is 5.02 Å². The minimum atomic E-state index is -0.179. The summed E-state index contributed by atoms with van der Waals surface area (Å²) < 4.78 is 7.33. The molecular formula is C19H22ClN3O2. The largest absolute Gasteiger partial charge is 0.496 e.